The first-order valence-corrected chi connectivity index (χ1v) is 8.57. The molecule has 0 aliphatic carbocycles. The first-order valence-electron chi connectivity index (χ1n) is 8.19. The number of halogens is 1. The van der Waals surface area contributed by atoms with E-state index in [2.05, 4.69) is 28.8 Å². The molecule has 1 amide bonds. The van der Waals surface area contributed by atoms with Crippen LogP contribution in [0.2, 0.25) is 5.02 Å². The lowest BCUT2D eigenvalue weighted by molar-refractivity contribution is 0.0947. The van der Waals surface area contributed by atoms with Crippen LogP contribution in [0.5, 0.6) is 5.75 Å². The number of benzene rings is 2. The maximum absolute atomic E-state index is 12.5. The molecule has 0 spiro atoms. The SMILES string of the molecule is CCCOc1ccc(Cl)cc1C(=O)NCc1ccc2c(c1)CNC2. The van der Waals surface area contributed by atoms with Crippen LogP contribution >= 0.6 is 11.6 Å². The van der Waals surface area contributed by atoms with E-state index in [-0.39, 0.29) is 5.91 Å². The Morgan fingerprint density at radius 1 is 1.21 bits per heavy atom. The Morgan fingerprint density at radius 3 is 2.88 bits per heavy atom. The molecule has 1 aliphatic heterocycles. The van der Waals surface area contributed by atoms with Crippen LogP contribution in [0.15, 0.2) is 36.4 Å². The fourth-order valence-electron chi connectivity index (χ4n) is 2.75. The first-order chi connectivity index (χ1) is 11.7. The third-order valence-electron chi connectivity index (χ3n) is 4.00. The lowest BCUT2D eigenvalue weighted by Gasteiger charge is -2.12. The van der Waals surface area contributed by atoms with Crippen molar-refractivity contribution < 1.29 is 9.53 Å². The standard InChI is InChI=1S/C19H21ClN2O2/c1-2-7-24-18-6-5-16(20)9-17(18)19(23)22-10-13-3-4-14-11-21-12-15(14)8-13/h3-6,8-9,21H,2,7,10-12H2,1H3,(H,22,23). The molecule has 0 aromatic heterocycles. The van der Waals surface area contributed by atoms with Gasteiger partial charge in [0.15, 0.2) is 0 Å². The fraction of sp³-hybridized carbons (Fsp3) is 0.316. The smallest absolute Gasteiger partial charge is 0.255 e. The van der Waals surface area contributed by atoms with Gasteiger partial charge in [-0.3, -0.25) is 4.79 Å². The lowest BCUT2D eigenvalue weighted by Crippen LogP contribution is -2.23. The van der Waals surface area contributed by atoms with Crippen molar-refractivity contribution in [3.63, 3.8) is 0 Å². The van der Waals surface area contributed by atoms with E-state index < -0.39 is 0 Å². The average Bonchev–Trinajstić information content (AvgIpc) is 3.06. The number of nitrogens with one attached hydrogen (secondary N) is 2. The van der Waals surface area contributed by atoms with Crippen LogP contribution in [-0.4, -0.2) is 12.5 Å². The molecule has 0 atom stereocenters. The second kappa shape index (κ2) is 7.69. The van der Waals surface area contributed by atoms with Gasteiger partial charge in [-0.15, -0.1) is 0 Å². The van der Waals surface area contributed by atoms with E-state index in [0.29, 0.717) is 29.5 Å². The Labute approximate surface area is 147 Å². The number of carbonyl (C=O) groups excluding carboxylic acids is 1. The molecule has 126 valence electrons. The topological polar surface area (TPSA) is 50.4 Å². The van der Waals surface area contributed by atoms with Crippen LogP contribution in [-0.2, 0) is 19.6 Å². The molecule has 24 heavy (non-hydrogen) atoms. The molecule has 0 saturated heterocycles. The van der Waals surface area contributed by atoms with Crippen molar-refractivity contribution in [3.05, 3.63) is 63.7 Å². The van der Waals surface area contributed by atoms with Gasteiger partial charge in [-0.2, -0.15) is 0 Å². The van der Waals surface area contributed by atoms with Gasteiger partial charge in [0.05, 0.1) is 12.2 Å². The molecule has 3 rings (SSSR count). The van der Waals surface area contributed by atoms with Crippen molar-refractivity contribution in [2.24, 2.45) is 0 Å². The van der Waals surface area contributed by atoms with Gasteiger partial charge in [-0.05, 0) is 41.3 Å². The highest BCUT2D eigenvalue weighted by molar-refractivity contribution is 6.31. The van der Waals surface area contributed by atoms with Gasteiger partial charge in [0, 0.05) is 24.7 Å². The normalized spacial score (nSPS) is 12.8. The lowest BCUT2D eigenvalue weighted by atomic mass is 10.1. The fourth-order valence-corrected chi connectivity index (χ4v) is 2.93. The van der Waals surface area contributed by atoms with E-state index in [0.717, 1.165) is 25.1 Å². The number of amides is 1. The number of fused-ring (bicyclic) bond motifs is 1. The summed E-state index contributed by atoms with van der Waals surface area (Å²) in [5.41, 5.74) is 4.19. The van der Waals surface area contributed by atoms with E-state index in [1.54, 1.807) is 18.2 Å². The highest BCUT2D eigenvalue weighted by Gasteiger charge is 2.14. The molecule has 0 unspecified atom stereocenters. The predicted octanol–water partition coefficient (Wildman–Crippen LogP) is 3.66. The molecule has 4 nitrogen and oxygen atoms in total. The van der Waals surface area contributed by atoms with Gasteiger partial charge >= 0.3 is 0 Å². The summed E-state index contributed by atoms with van der Waals surface area (Å²) in [7, 11) is 0. The van der Waals surface area contributed by atoms with Crippen LogP contribution in [0, 0.1) is 0 Å². The number of hydrogen-bond acceptors (Lipinski definition) is 3. The molecule has 2 aromatic carbocycles. The zero-order valence-corrected chi connectivity index (χ0v) is 14.5. The Bertz CT molecular complexity index is 746. The third kappa shape index (κ3) is 3.89. The van der Waals surface area contributed by atoms with E-state index in [1.807, 2.05) is 6.92 Å². The van der Waals surface area contributed by atoms with Gasteiger partial charge in [0.1, 0.15) is 5.75 Å². The third-order valence-corrected chi connectivity index (χ3v) is 4.24. The van der Waals surface area contributed by atoms with Crippen LogP contribution in [0.1, 0.15) is 40.4 Å². The average molecular weight is 345 g/mol. The van der Waals surface area contributed by atoms with E-state index >= 15 is 0 Å². The van der Waals surface area contributed by atoms with Crippen LogP contribution < -0.4 is 15.4 Å². The summed E-state index contributed by atoms with van der Waals surface area (Å²) >= 11 is 6.03. The van der Waals surface area contributed by atoms with Gasteiger partial charge in [0.2, 0.25) is 0 Å². The van der Waals surface area contributed by atoms with Crippen LogP contribution in [0.3, 0.4) is 0 Å². The van der Waals surface area contributed by atoms with E-state index in [4.69, 9.17) is 16.3 Å². The molecule has 1 aliphatic rings. The largest absolute Gasteiger partial charge is 0.493 e. The maximum atomic E-state index is 12.5. The van der Waals surface area contributed by atoms with Gasteiger partial charge in [-0.25, -0.2) is 0 Å². The maximum Gasteiger partial charge on any atom is 0.255 e. The van der Waals surface area contributed by atoms with Crippen molar-refractivity contribution in [2.45, 2.75) is 33.0 Å². The molecule has 5 heteroatoms. The minimum Gasteiger partial charge on any atom is -0.493 e. The Kier molecular flexibility index (Phi) is 5.38. The second-order valence-corrected chi connectivity index (χ2v) is 6.31. The quantitative estimate of drug-likeness (QED) is 0.840. The summed E-state index contributed by atoms with van der Waals surface area (Å²) in [6.45, 7) is 4.88. The van der Waals surface area contributed by atoms with Crippen LogP contribution in [0.4, 0.5) is 0 Å². The molecule has 0 saturated carbocycles. The first kappa shape index (κ1) is 16.8. The number of hydrogen-bond donors (Lipinski definition) is 2. The summed E-state index contributed by atoms with van der Waals surface area (Å²) < 4.78 is 5.65. The second-order valence-electron chi connectivity index (χ2n) is 5.88. The minimum absolute atomic E-state index is 0.178. The van der Waals surface area contributed by atoms with E-state index in [1.165, 1.54) is 11.1 Å². The minimum atomic E-state index is -0.178. The van der Waals surface area contributed by atoms with Gasteiger partial charge < -0.3 is 15.4 Å². The van der Waals surface area contributed by atoms with Crippen molar-refractivity contribution in [1.82, 2.24) is 10.6 Å². The Hall–Kier alpha value is -2.04. The van der Waals surface area contributed by atoms with Crippen molar-refractivity contribution in [3.8, 4) is 5.75 Å². The van der Waals surface area contributed by atoms with Gasteiger partial charge in [-0.1, -0.05) is 36.7 Å². The molecule has 0 fully saturated rings. The Balaban J connectivity index is 1.69. The zero-order chi connectivity index (χ0) is 16.9. The molecule has 0 bridgehead atoms. The molecule has 2 N–H and O–H groups in total. The number of rotatable bonds is 6. The summed E-state index contributed by atoms with van der Waals surface area (Å²) in [4.78, 5) is 12.5. The monoisotopic (exact) mass is 344 g/mol. The van der Waals surface area contributed by atoms with Crippen molar-refractivity contribution >= 4 is 17.5 Å². The summed E-state index contributed by atoms with van der Waals surface area (Å²) in [6.07, 6.45) is 0.882. The number of ether oxygens (including phenoxy) is 1. The molecule has 2 aromatic rings. The summed E-state index contributed by atoms with van der Waals surface area (Å²) in [6, 6.07) is 11.4. The van der Waals surface area contributed by atoms with Crippen molar-refractivity contribution in [1.29, 1.82) is 0 Å². The summed E-state index contributed by atoms with van der Waals surface area (Å²) in [5, 5.41) is 6.79. The highest BCUT2D eigenvalue weighted by Crippen LogP contribution is 2.23. The van der Waals surface area contributed by atoms with Crippen molar-refractivity contribution in [2.75, 3.05) is 6.61 Å². The highest BCUT2D eigenvalue weighted by atomic mass is 35.5. The predicted molar refractivity (Wildman–Crippen MR) is 95.4 cm³/mol. The van der Waals surface area contributed by atoms with E-state index in [9.17, 15) is 4.79 Å². The number of carbonyl (C=O) groups is 1. The van der Waals surface area contributed by atoms with Crippen LogP contribution in [0.25, 0.3) is 0 Å². The molecular formula is C19H21ClN2O2. The molecule has 0 radical (unpaired) electrons. The molecule has 1 heterocycles. The Morgan fingerprint density at radius 2 is 2.04 bits per heavy atom. The summed E-state index contributed by atoms with van der Waals surface area (Å²) in [5.74, 6) is 0.388. The molecular weight excluding hydrogens is 324 g/mol. The zero-order valence-electron chi connectivity index (χ0n) is 13.7. The van der Waals surface area contributed by atoms with Gasteiger partial charge in [0.25, 0.3) is 5.91 Å².